The van der Waals surface area contributed by atoms with Gasteiger partial charge in [0.1, 0.15) is 41.2 Å². The number of piperidine rings is 1. The number of likely N-dealkylation sites (tertiary alicyclic amines) is 1. The van der Waals surface area contributed by atoms with Crippen LogP contribution in [0.2, 0.25) is 0 Å². The van der Waals surface area contributed by atoms with E-state index >= 15 is 4.39 Å². The van der Waals surface area contributed by atoms with Gasteiger partial charge < -0.3 is 19.7 Å². The Hall–Kier alpha value is -3.54. The molecule has 1 aliphatic rings. The second kappa shape index (κ2) is 10.7. The van der Waals surface area contributed by atoms with Gasteiger partial charge in [0, 0.05) is 40.9 Å². The molecule has 1 atom stereocenters. The first-order chi connectivity index (χ1) is 17.8. The number of anilines is 2. The summed E-state index contributed by atoms with van der Waals surface area (Å²) in [5.41, 5.74) is 0.197. The van der Waals surface area contributed by atoms with Crippen molar-refractivity contribution in [1.29, 1.82) is 0 Å². The maximum Gasteiger partial charge on any atom is 0.410 e. The monoisotopic (exact) mass is 547 g/mol. The van der Waals surface area contributed by atoms with Crippen LogP contribution in [0.5, 0.6) is 5.75 Å². The highest BCUT2D eigenvalue weighted by Gasteiger charge is 2.29. The molecule has 2 aromatic carbocycles. The molecule has 1 saturated heterocycles. The third kappa shape index (κ3) is 7.06. The first-order valence-electron chi connectivity index (χ1n) is 12.1. The van der Waals surface area contributed by atoms with Gasteiger partial charge in [0.15, 0.2) is 0 Å². The minimum absolute atomic E-state index is 0.0918. The van der Waals surface area contributed by atoms with E-state index in [0.717, 1.165) is 0 Å². The fourth-order valence-corrected chi connectivity index (χ4v) is 4.67. The lowest BCUT2D eigenvalue weighted by atomic mass is 10.1. The van der Waals surface area contributed by atoms with Crippen LogP contribution in [-0.2, 0) is 14.5 Å². The van der Waals surface area contributed by atoms with Gasteiger partial charge in [-0.15, -0.1) is 0 Å². The predicted molar refractivity (Wildman–Crippen MR) is 143 cm³/mol. The van der Waals surface area contributed by atoms with Gasteiger partial charge in [-0.2, -0.15) is 4.36 Å². The fraction of sp³-hybridized carbons (Fsp3) is 0.423. The van der Waals surface area contributed by atoms with Crippen molar-refractivity contribution in [2.24, 2.45) is 4.36 Å². The Morgan fingerprint density at radius 3 is 2.66 bits per heavy atom. The quantitative estimate of drug-likeness (QED) is 0.431. The number of rotatable bonds is 5. The Morgan fingerprint density at radius 1 is 1.18 bits per heavy atom. The second-order valence-electron chi connectivity index (χ2n) is 10.4. The zero-order chi connectivity index (χ0) is 27.7. The fourth-order valence-electron chi connectivity index (χ4n) is 4.06. The number of amides is 1. The average molecular weight is 548 g/mol. The Bertz CT molecular complexity index is 1480. The summed E-state index contributed by atoms with van der Waals surface area (Å²) in [4.78, 5) is 22.4. The maximum atomic E-state index is 15.1. The summed E-state index contributed by atoms with van der Waals surface area (Å²) in [6.45, 7) is 6.21. The third-order valence-corrected chi connectivity index (χ3v) is 6.17. The van der Waals surface area contributed by atoms with E-state index in [1.165, 1.54) is 49.2 Å². The van der Waals surface area contributed by atoms with Crippen LogP contribution in [0.1, 0.15) is 33.6 Å². The van der Waals surface area contributed by atoms with Crippen molar-refractivity contribution in [2.45, 2.75) is 45.3 Å². The number of ether oxygens (including phenoxy) is 2. The lowest BCUT2D eigenvalue weighted by Crippen LogP contribution is -2.46. The number of carbonyl (C=O) groups is 1. The highest BCUT2D eigenvalue weighted by atomic mass is 32.2. The van der Waals surface area contributed by atoms with E-state index in [4.69, 9.17) is 9.47 Å². The largest absolute Gasteiger partial charge is 0.486 e. The lowest BCUT2D eigenvalue weighted by molar-refractivity contribution is 0.00781. The van der Waals surface area contributed by atoms with Gasteiger partial charge in [0.2, 0.25) is 0 Å². The Morgan fingerprint density at radius 2 is 1.95 bits per heavy atom. The summed E-state index contributed by atoms with van der Waals surface area (Å²) in [5.74, 6) is -0.837. The molecular formula is C26H31F2N5O4S. The van der Waals surface area contributed by atoms with E-state index in [0.29, 0.717) is 25.1 Å². The molecule has 1 aliphatic heterocycles. The van der Waals surface area contributed by atoms with Crippen molar-refractivity contribution in [3.05, 3.63) is 48.3 Å². The number of fused-ring (bicyclic) bond motifs is 1. The molecule has 0 aliphatic carbocycles. The minimum Gasteiger partial charge on any atom is -0.486 e. The van der Waals surface area contributed by atoms with Gasteiger partial charge in [-0.05, 0) is 51.8 Å². The Balaban J connectivity index is 1.60. The number of nitrogens with one attached hydrogen (secondary N) is 1. The number of hydrogen-bond acceptors (Lipinski definition) is 8. The van der Waals surface area contributed by atoms with Gasteiger partial charge in [0.05, 0.1) is 28.8 Å². The number of carbonyl (C=O) groups excluding carboxylic acids is 1. The normalized spacial score (nSPS) is 16.3. The molecule has 1 aromatic heterocycles. The Labute approximate surface area is 220 Å². The Kier molecular flexibility index (Phi) is 7.73. The molecule has 0 saturated carbocycles. The van der Waals surface area contributed by atoms with Gasteiger partial charge in [-0.1, -0.05) is 0 Å². The molecule has 38 heavy (non-hydrogen) atoms. The van der Waals surface area contributed by atoms with Crippen LogP contribution < -0.4 is 10.1 Å². The van der Waals surface area contributed by atoms with Crippen LogP contribution in [0.4, 0.5) is 30.8 Å². The second-order valence-corrected chi connectivity index (χ2v) is 12.9. The van der Waals surface area contributed by atoms with Gasteiger partial charge in [0.25, 0.3) is 0 Å². The highest BCUT2D eigenvalue weighted by molar-refractivity contribution is 7.92. The van der Waals surface area contributed by atoms with E-state index in [-0.39, 0.29) is 34.7 Å². The van der Waals surface area contributed by atoms with Crippen molar-refractivity contribution in [3.8, 4) is 5.75 Å². The third-order valence-electron chi connectivity index (χ3n) is 5.52. The van der Waals surface area contributed by atoms with E-state index in [1.807, 2.05) is 0 Å². The van der Waals surface area contributed by atoms with Crippen LogP contribution >= 0.6 is 0 Å². The van der Waals surface area contributed by atoms with Gasteiger partial charge >= 0.3 is 6.09 Å². The van der Waals surface area contributed by atoms with Crippen LogP contribution in [-0.4, -0.2) is 62.5 Å². The maximum absolute atomic E-state index is 15.1. The number of halogens is 2. The highest BCUT2D eigenvalue weighted by Crippen LogP contribution is 2.34. The van der Waals surface area contributed by atoms with Crippen LogP contribution in [0.15, 0.2) is 41.0 Å². The molecule has 12 heteroatoms. The summed E-state index contributed by atoms with van der Waals surface area (Å²) >= 11 is 0. The topological polar surface area (TPSA) is 106 Å². The van der Waals surface area contributed by atoms with Crippen LogP contribution in [0.25, 0.3) is 10.9 Å². The van der Waals surface area contributed by atoms with Crippen LogP contribution in [0, 0.1) is 11.6 Å². The molecule has 1 N–H and O–H groups in total. The predicted octanol–water partition coefficient (Wildman–Crippen LogP) is 5.79. The van der Waals surface area contributed by atoms with E-state index in [2.05, 4.69) is 19.6 Å². The molecule has 1 fully saturated rings. The molecular weight excluding hydrogens is 516 g/mol. The van der Waals surface area contributed by atoms with Crippen molar-refractivity contribution < 1.29 is 27.3 Å². The van der Waals surface area contributed by atoms with Crippen molar-refractivity contribution in [1.82, 2.24) is 14.9 Å². The molecule has 204 valence electrons. The molecule has 2 heterocycles. The first-order valence-corrected chi connectivity index (χ1v) is 14.4. The summed E-state index contributed by atoms with van der Waals surface area (Å²) in [7, 11) is -2.50. The molecule has 1 amide bonds. The van der Waals surface area contributed by atoms with Crippen molar-refractivity contribution in [3.63, 3.8) is 0 Å². The van der Waals surface area contributed by atoms with Crippen molar-refractivity contribution in [2.75, 3.05) is 30.9 Å². The minimum atomic E-state index is -2.50. The summed E-state index contributed by atoms with van der Waals surface area (Å²) < 4.78 is 57.1. The molecule has 4 rings (SSSR count). The molecule has 3 aromatic rings. The van der Waals surface area contributed by atoms with E-state index in [9.17, 15) is 13.4 Å². The number of nitrogens with zero attached hydrogens (tertiary/aromatic N) is 4. The van der Waals surface area contributed by atoms with E-state index < -0.39 is 39.2 Å². The van der Waals surface area contributed by atoms with E-state index in [1.54, 1.807) is 25.7 Å². The molecule has 9 nitrogen and oxygen atoms in total. The molecule has 0 unspecified atom stereocenters. The van der Waals surface area contributed by atoms with Gasteiger partial charge in [-0.3, -0.25) is 0 Å². The number of aromatic nitrogens is 2. The lowest BCUT2D eigenvalue weighted by Gasteiger charge is -2.34. The molecule has 0 spiro atoms. The molecule has 0 radical (unpaired) electrons. The zero-order valence-corrected chi connectivity index (χ0v) is 22.8. The summed E-state index contributed by atoms with van der Waals surface area (Å²) in [6.07, 6.45) is 4.68. The van der Waals surface area contributed by atoms with Crippen LogP contribution in [0.3, 0.4) is 0 Å². The summed E-state index contributed by atoms with van der Waals surface area (Å²) in [5, 5.41) is 3.12. The standard InChI is InChI=1S/C26H31F2N5O4S/c1-26(2,3)37-25(34)33-10-6-7-18(14-33)36-22-11-16(27)8-9-20(22)31-24-23-19(28)12-17(32-38(4,5)35)13-21(23)29-15-30-24/h8-9,11-13,15,18H,6-7,10,14H2,1-5H3,(H,29,30,31)/t18-/m1/s1. The number of hydrogen-bond donors (Lipinski definition) is 1. The first kappa shape index (κ1) is 27.5. The molecule has 0 bridgehead atoms. The smallest absolute Gasteiger partial charge is 0.410 e. The van der Waals surface area contributed by atoms with Crippen molar-refractivity contribution >= 4 is 43.9 Å². The number of benzene rings is 2. The zero-order valence-electron chi connectivity index (χ0n) is 22.0. The summed E-state index contributed by atoms with van der Waals surface area (Å²) in [6, 6.07) is 6.63. The SMILES string of the molecule is CC(C)(C)OC(=O)N1CCC[C@@H](Oc2cc(F)ccc2Nc2ncnc3cc(N=S(C)(C)=O)cc(F)c23)C1. The average Bonchev–Trinajstić information content (AvgIpc) is 2.78. The van der Waals surface area contributed by atoms with Gasteiger partial charge in [-0.25, -0.2) is 27.8 Å².